The van der Waals surface area contributed by atoms with Crippen molar-refractivity contribution in [3.8, 4) is 0 Å². The second-order valence-electron chi connectivity index (χ2n) is 4.36. The van der Waals surface area contributed by atoms with Crippen LogP contribution in [0.15, 0.2) is 47.2 Å². The smallest absolute Gasteiger partial charge is 0.194 e. The van der Waals surface area contributed by atoms with E-state index in [-0.39, 0.29) is 11.7 Å². The van der Waals surface area contributed by atoms with Gasteiger partial charge in [-0.1, -0.05) is 12.1 Å². The van der Waals surface area contributed by atoms with Gasteiger partial charge in [0, 0.05) is 27.6 Å². The zero-order valence-electron chi connectivity index (χ0n) is 10.6. The maximum absolute atomic E-state index is 13.3. The Morgan fingerprint density at radius 2 is 1.38 bits per heavy atom. The van der Waals surface area contributed by atoms with E-state index in [4.69, 9.17) is 0 Å². The van der Waals surface area contributed by atoms with Gasteiger partial charge in [0.05, 0.1) is 6.04 Å². The number of nitrogens with one attached hydrogen (secondary N) is 1. The number of halogens is 3. The second kappa shape index (κ2) is 5.91. The third kappa shape index (κ3) is 2.96. The first-order valence-corrected chi connectivity index (χ1v) is 7.89. The Bertz CT molecular complexity index is 666. The van der Waals surface area contributed by atoms with Crippen LogP contribution in [0.5, 0.6) is 0 Å². The van der Waals surface area contributed by atoms with Crippen molar-refractivity contribution in [2.24, 2.45) is 0 Å². The summed E-state index contributed by atoms with van der Waals surface area (Å²) in [5, 5.41) is 6.93. The lowest BCUT2D eigenvalue weighted by Gasteiger charge is -2.18. The molecule has 1 nitrogen and oxygen atoms in total. The lowest BCUT2D eigenvalue weighted by Crippen LogP contribution is -2.10. The van der Waals surface area contributed by atoms with Gasteiger partial charge in [0.25, 0.3) is 0 Å². The summed E-state index contributed by atoms with van der Waals surface area (Å²) in [6.07, 6.45) is 0. The van der Waals surface area contributed by atoms with Gasteiger partial charge in [-0.3, -0.25) is 0 Å². The Hall–Kier alpha value is -1.79. The third-order valence-electron chi connectivity index (χ3n) is 2.95. The van der Waals surface area contributed by atoms with E-state index >= 15 is 0 Å². The molecule has 0 radical (unpaired) electrons. The predicted molar refractivity (Wildman–Crippen MR) is 80.4 cm³/mol. The Morgan fingerprint density at radius 1 is 0.857 bits per heavy atom. The molecule has 0 saturated heterocycles. The SMILES string of the molecule is Fc1cc(NC(c2cccs2)c2cccs2)cc(F)c1F. The molecule has 0 unspecified atom stereocenters. The van der Waals surface area contributed by atoms with Crippen LogP contribution in [0.2, 0.25) is 0 Å². The van der Waals surface area contributed by atoms with E-state index < -0.39 is 17.5 Å². The topological polar surface area (TPSA) is 12.0 Å². The third-order valence-corrected chi connectivity index (χ3v) is 4.82. The maximum atomic E-state index is 13.3. The van der Waals surface area contributed by atoms with Crippen LogP contribution in [0, 0.1) is 17.5 Å². The number of rotatable bonds is 4. The normalized spacial score (nSPS) is 11.0. The number of hydrogen-bond acceptors (Lipinski definition) is 3. The van der Waals surface area contributed by atoms with Gasteiger partial charge < -0.3 is 5.32 Å². The van der Waals surface area contributed by atoms with Gasteiger partial charge in [-0.05, 0) is 22.9 Å². The highest BCUT2D eigenvalue weighted by atomic mass is 32.1. The van der Waals surface area contributed by atoms with Crippen molar-refractivity contribution in [1.82, 2.24) is 0 Å². The minimum Gasteiger partial charge on any atom is -0.373 e. The van der Waals surface area contributed by atoms with Crippen molar-refractivity contribution >= 4 is 28.4 Å². The lowest BCUT2D eigenvalue weighted by molar-refractivity contribution is 0.447. The molecule has 0 aliphatic rings. The summed E-state index contributed by atoms with van der Waals surface area (Å²) in [5.74, 6) is -3.86. The molecule has 0 saturated carbocycles. The minimum absolute atomic E-state index is 0.207. The average Bonchev–Trinajstić information content (AvgIpc) is 3.14. The molecule has 0 aliphatic heterocycles. The Kier molecular flexibility index (Phi) is 3.98. The van der Waals surface area contributed by atoms with Crippen molar-refractivity contribution in [3.05, 3.63) is 74.4 Å². The van der Waals surface area contributed by atoms with Crippen LogP contribution < -0.4 is 5.32 Å². The predicted octanol–water partition coefficient (Wildman–Crippen LogP) is 5.43. The van der Waals surface area contributed by atoms with Crippen molar-refractivity contribution < 1.29 is 13.2 Å². The molecular weight excluding hydrogens is 315 g/mol. The summed E-state index contributed by atoms with van der Waals surface area (Å²) < 4.78 is 39.7. The average molecular weight is 325 g/mol. The molecule has 2 heterocycles. The summed E-state index contributed by atoms with van der Waals surface area (Å²) in [7, 11) is 0. The van der Waals surface area contributed by atoms with E-state index in [2.05, 4.69) is 5.32 Å². The highest BCUT2D eigenvalue weighted by Gasteiger charge is 2.18. The van der Waals surface area contributed by atoms with Crippen LogP contribution in [-0.4, -0.2) is 0 Å². The summed E-state index contributed by atoms with van der Waals surface area (Å²) >= 11 is 3.09. The molecule has 2 aromatic heterocycles. The van der Waals surface area contributed by atoms with Crippen molar-refractivity contribution in [2.45, 2.75) is 6.04 Å². The molecule has 0 spiro atoms. The highest BCUT2D eigenvalue weighted by Crippen LogP contribution is 2.33. The molecule has 3 rings (SSSR count). The largest absolute Gasteiger partial charge is 0.373 e. The number of anilines is 1. The van der Waals surface area contributed by atoms with E-state index in [1.165, 1.54) is 0 Å². The molecule has 0 aliphatic carbocycles. The fourth-order valence-corrected chi connectivity index (χ4v) is 3.66. The number of thiophene rings is 2. The van der Waals surface area contributed by atoms with Crippen molar-refractivity contribution in [1.29, 1.82) is 0 Å². The molecule has 6 heteroatoms. The zero-order valence-corrected chi connectivity index (χ0v) is 12.3. The zero-order chi connectivity index (χ0) is 14.8. The first-order valence-electron chi connectivity index (χ1n) is 6.13. The quantitative estimate of drug-likeness (QED) is 0.631. The number of hydrogen-bond donors (Lipinski definition) is 1. The highest BCUT2D eigenvalue weighted by molar-refractivity contribution is 7.11. The fourth-order valence-electron chi connectivity index (χ4n) is 2.00. The molecule has 0 bridgehead atoms. The number of benzene rings is 1. The lowest BCUT2D eigenvalue weighted by atomic mass is 10.2. The van der Waals surface area contributed by atoms with Crippen LogP contribution in [0.25, 0.3) is 0 Å². The Morgan fingerprint density at radius 3 is 1.81 bits per heavy atom. The van der Waals surface area contributed by atoms with Crippen molar-refractivity contribution in [3.63, 3.8) is 0 Å². The molecule has 0 amide bonds. The molecule has 21 heavy (non-hydrogen) atoms. The van der Waals surface area contributed by atoms with Gasteiger partial charge in [0.15, 0.2) is 17.5 Å². The molecule has 3 aromatic rings. The van der Waals surface area contributed by atoms with Gasteiger partial charge in [0.1, 0.15) is 0 Å². The first kappa shape index (κ1) is 14.2. The van der Waals surface area contributed by atoms with Crippen LogP contribution in [0.3, 0.4) is 0 Å². The maximum Gasteiger partial charge on any atom is 0.194 e. The van der Waals surface area contributed by atoms with E-state index in [0.29, 0.717) is 0 Å². The molecule has 1 aromatic carbocycles. The molecule has 0 fully saturated rings. The summed E-state index contributed by atoms with van der Waals surface area (Å²) in [5.41, 5.74) is 0.207. The van der Waals surface area contributed by atoms with Gasteiger partial charge in [-0.2, -0.15) is 0 Å². The van der Waals surface area contributed by atoms with Crippen LogP contribution >= 0.6 is 22.7 Å². The van der Waals surface area contributed by atoms with E-state index in [1.807, 2.05) is 35.0 Å². The van der Waals surface area contributed by atoms with Crippen LogP contribution in [0.1, 0.15) is 15.8 Å². The van der Waals surface area contributed by atoms with Crippen molar-refractivity contribution in [2.75, 3.05) is 5.32 Å². The van der Waals surface area contributed by atoms with Crippen LogP contribution in [0.4, 0.5) is 18.9 Å². The summed E-state index contributed by atoms with van der Waals surface area (Å²) in [6.45, 7) is 0. The minimum atomic E-state index is -1.45. The van der Waals surface area contributed by atoms with E-state index in [0.717, 1.165) is 21.9 Å². The summed E-state index contributed by atoms with van der Waals surface area (Å²) in [4.78, 5) is 2.03. The first-order chi connectivity index (χ1) is 10.1. The van der Waals surface area contributed by atoms with Crippen LogP contribution in [-0.2, 0) is 0 Å². The van der Waals surface area contributed by atoms with Gasteiger partial charge >= 0.3 is 0 Å². The molecule has 1 N–H and O–H groups in total. The van der Waals surface area contributed by atoms with Gasteiger partial charge in [-0.15, -0.1) is 22.7 Å². The molecule has 108 valence electrons. The van der Waals surface area contributed by atoms with Gasteiger partial charge in [-0.25, -0.2) is 13.2 Å². The monoisotopic (exact) mass is 325 g/mol. The molecule has 0 atom stereocenters. The fraction of sp³-hybridized carbons (Fsp3) is 0.0667. The van der Waals surface area contributed by atoms with E-state index in [1.54, 1.807) is 22.7 Å². The van der Waals surface area contributed by atoms with Gasteiger partial charge in [0.2, 0.25) is 0 Å². The second-order valence-corrected chi connectivity index (χ2v) is 6.32. The van der Waals surface area contributed by atoms with E-state index in [9.17, 15) is 13.2 Å². The molecular formula is C15H10F3NS2. The Balaban J connectivity index is 1.96. The Labute approximate surface area is 127 Å². The standard InChI is InChI=1S/C15H10F3NS2/c16-10-7-9(8-11(17)14(10)18)19-15(12-3-1-5-20-12)13-4-2-6-21-13/h1-8,15,19H. The summed E-state index contributed by atoms with van der Waals surface area (Å²) in [6, 6.07) is 9.42.